The number of nitro benzene ring substituents is 1. The Balaban J connectivity index is 1.73. The van der Waals surface area contributed by atoms with E-state index in [1.54, 1.807) is 37.5 Å². The lowest BCUT2D eigenvalue weighted by Gasteiger charge is -2.12. The predicted octanol–water partition coefficient (Wildman–Crippen LogP) is 5.77. The Hall–Kier alpha value is -2.21. The van der Waals surface area contributed by atoms with Crippen LogP contribution in [0.5, 0.6) is 5.75 Å². The molecule has 0 atom stereocenters. The number of nitrogens with zero attached hydrogens (tertiary/aromatic N) is 2. The summed E-state index contributed by atoms with van der Waals surface area (Å²) in [5.41, 5.74) is 1.36. The lowest BCUT2D eigenvalue weighted by Crippen LogP contribution is -2.29. The van der Waals surface area contributed by atoms with Gasteiger partial charge < -0.3 is 9.47 Å². The van der Waals surface area contributed by atoms with E-state index in [0.717, 1.165) is 11.8 Å². The van der Waals surface area contributed by atoms with Crippen LogP contribution in [0.3, 0.4) is 0 Å². The minimum atomic E-state index is -0.455. The van der Waals surface area contributed by atoms with Crippen molar-refractivity contribution in [2.45, 2.75) is 13.0 Å². The molecule has 0 aliphatic carbocycles. The van der Waals surface area contributed by atoms with Crippen LogP contribution >= 0.6 is 43.6 Å². The highest BCUT2D eigenvalue weighted by atomic mass is 79.9. The van der Waals surface area contributed by atoms with E-state index in [0.29, 0.717) is 50.3 Å². The summed E-state index contributed by atoms with van der Waals surface area (Å²) in [5, 5.41) is 10.6. The standard InChI is InChI=1S/C21H18Br2N2O6S/c1-30-7-3-6-24-20(26)18(32-21(24)27)11-14-9-16(22)19(17(23)10-14)31-12-13-4-2-5-15(8-13)25(28)29/h2,4-5,8-11H,3,6-7,12H2,1H3/b18-11+. The first-order valence-corrected chi connectivity index (χ1v) is 11.8. The normalized spacial score (nSPS) is 15.0. The zero-order valence-corrected chi connectivity index (χ0v) is 20.9. The summed E-state index contributed by atoms with van der Waals surface area (Å²) in [6, 6.07) is 9.76. The predicted molar refractivity (Wildman–Crippen MR) is 128 cm³/mol. The monoisotopic (exact) mass is 584 g/mol. The second kappa shape index (κ2) is 11.1. The molecular formula is C21H18Br2N2O6S. The van der Waals surface area contributed by atoms with E-state index >= 15 is 0 Å². The van der Waals surface area contributed by atoms with Crippen LogP contribution in [0.15, 0.2) is 50.2 Å². The van der Waals surface area contributed by atoms with Crippen LogP contribution in [0.2, 0.25) is 0 Å². The van der Waals surface area contributed by atoms with Gasteiger partial charge in [0.15, 0.2) is 0 Å². The van der Waals surface area contributed by atoms with Gasteiger partial charge in [-0.2, -0.15) is 0 Å². The van der Waals surface area contributed by atoms with Crippen molar-refractivity contribution in [2.75, 3.05) is 20.3 Å². The molecule has 0 spiro atoms. The number of benzene rings is 2. The molecule has 168 valence electrons. The van der Waals surface area contributed by atoms with Gasteiger partial charge in [0.2, 0.25) is 0 Å². The number of ether oxygens (including phenoxy) is 2. The minimum absolute atomic E-state index is 0.00394. The maximum Gasteiger partial charge on any atom is 0.293 e. The van der Waals surface area contributed by atoms with E-state index in [2.05, 4.69) is 31.9 Å². The number of methoxy groups -OCH3 is 1. The molecule has 0 N–H and O–H groups in total. The van der Waals surface area contributed by atoms with Gasteiger partial charge in [-0.1, -0.05) is 12.1 Å². The van der Waals surface area contributed by atoms with Crippen molar-refractivity contribution in [2.24, 2.45) is 0 Å². The number of rotatable bonds is 9. The zero-order chi connectivity index (χ0) is 23.3. The molecule has 3 rings (SSSR count). The SMILES string of the molecule is COCCCN1C(=O)S/C(=C/c2cc(Br)c(OCc3cccc([N+](=O)[O-])c3)c(Br)c2)C1=O. The van der Waals surface area contributed by atoms with E-state index < -0.39 is 4.92 Å². The van der Waals surface area contributed by atoms with Gasteiger partial charge in [-0.3, -0.25) is 24.6 Å². The quantitative estimate of drug-likeness (QED) is 0.159. The van der Waals surface area contributed by atoms with E-state index in [9.17, 15) is 19.7 Å². The molecule has 32 heavy (non-hydrogen) atoms. The summed E-state index contributed by atoms with van der Waals surface area (Å²) in [5.74, 6) is 0.190. The Morgan fingerprint density at radius 1 is 1.19 bits per heavy atom. The van der Waals surface area contributed by atoms with Gasteiger partial charge in [-0.05, 0) is 79.4 Å². The number of hydrogen-bond donors (Lipinski definition) is 0. The summed E-state index contributed by atoms with van der Waals surface area (Å²) in [6.07, 6.45) is 2.23. The highest BCUT2D eigenvalue weighted by Gasteiger charge is 2.34. The third-order valence-electron chi connectivity index (χ3n) is 4.43. The number of amides is 2. The van der Waals surface area contributed by atoms with E-state index in [-0.39, 0.29) is 23.4 Å². The molecule has 2 aromatic rings. The van der Waals surface area contributed by atoms with Gasteiger partial charge in [0.25, 0.3) is 16.8 Å². The maximum absolute atomic E-state index is 12.6. The Labute approximate surface area is 205 Å². The molecule has 1 fully saturated rings. The number of carbonyl (C=O) groups excluding carboxylic acids is 2. The fourth-order valence-electron chi connectivity index (χ4n) is 2.93. The van der Waals surface area contributed by atoms with Crippen molar-refractivity contribution >= 4 is 66.5 Å². The fraction of sp³-hybridized carbons (Fsp3) is 0.238. The van der Waals surface area contributed by atoms with Gasteiger partial charge >= 0.3 is 0 Å². The maximum atomic E-state index is 12.6. The van der Waals surface area contributed by atoms with Crippen LogP contribution in [0.1, 0.15) is 17.5 Å². The number of imide groups is 1. The third-order valence-corrected chi connectivity index (χ3v) is 6.51. The molecule has 11 heteroatoms. The third kappa shape index (κ3) is 5.97. The van der Waals surface area contributed by atoms with Crippen LogP contribution < -0.4 is 4.74 Å². The largest absolute Gasteiger partial charge is 0.487 e. The first-order valence-electron chi connectivity index (χ1n) is 9.39. The topological polar surface area (TPSA) is 99.0 Å². The van der Waals surface area contributed by atoms with Crippen LogP contribution in [-0.2, 0) is 16.1 Å². The number of carbonyl (C=O) groups is 2. The summed E-state index contributed by atoms with van der Waals surface area (Å²) < 4.78 is 12.1. The van der Waals surface area contributed by atoms with Crippen LogP contribution in [-0.4, -0.2) is 41.2 Å². The smallest absolute Gasteiger partial charge is 0.293 e. The number of halogens is 2. The average Bonchev–Trinajstić information content (AvgIpc) is 3.00. The van der Waals surface area contributed by atoms with Gasteiger partial charge in [0.05, 0.1) is 18.8 Å². The minimum Gasteiger partial charge on any atom is -0.487 e. The molecular weight excluding hydrogens is 568 g/mol. The van der Waals surface area contributed by atoms with Crippen molar-refractivity contribution < 1.29 is 24.0 Å². The van der Waals surface area contributed by atoms with Crippen LogP contribution in [0.25, 0.3) is 6.08 Å². The molecule has 8 nitrogen and oxygen atoms in total. The lowest BCUT2D eigenvalue weighted by atomic mass is 10.2. The van der Waals surface area contributed by atoms with Gasteiger partial charge in [-0.15, -0.1) is 0 Å². The van der Waals surface area contributed by atoms with Gasteiger partial charge in [-0.25, -0.2) is 0 Å². The Bertz CT molecular complexity index is 1070. The summed E-state index contributed by atoms with van der Waals surface area (Å²) in [4.78, 5) is 36.8. The Morgan fingerprint density at radius 3 is 2.56 bits per heavy atom. The summed E-state index contributed by atoms with van der Waals surface area (Å²) in [6.45, 7) is 0.921. The number of non-ortho nitro benzene ring substituents is 1. The molecule has 0 aromatic heterocycles. The molecule has 0 bridgehead atoms. The molecule has 0 radical (unpaired) electrons. The van der Waals surface area contributed by atoms with Crippen molar-refractivity contribution in [1.82, 2.24) is 4.90 Å². The summed E-state index contributed by atoms with van der Waals surface area (Å²) in [7, 11) is 1.57. The molecule has 2 amide bonds. The number of nitro groups is 1. The first kappa shape index (κ1) is 24.4. The van der Waals surface area contributed by atoms with Gasteiger partial charge in [0, 0.05) is 32.4 Å². The lowest BCUT2D eigenvalue weighted by molar-refractivity contribution is -0.384. The Kier molecular flexibility index (Phi) is 8.46. The second-order valence-corrected chi connectivity index (χ2v) is 9.41. The van der Waals surface area contributed by atoms with E-state index in [1.807, 2.05) is 0 Å². The van der Waals surface area contributed by atoms with Crippen LogP contribution in [0, 0.1) is 10.1 Å². The van der Waals surface area contributed by atoms with Crippen LogP contribution in [0.4, 0.5) is 10.5 Å². The number of hydrogen-bond acceptors (Lipinski definition) is 7. The highest BCUT2D eigenvalue weighted by molar-refractivity contribution is 9.11. The van der Waals surface area contributed by atoms with Crippen molar-refractivity contribution in [3.05, 3.63) is 71.5 Å². The van der Waals surface area contributed by atoms with E-state index in [4.69, 9.17) is 9.47 Å². The molecule has 1 aliphatic rings. The average molecular weight is 586 g/mol. The van der Waals surface area contributed by atoms with Crippen molar-refractivity contribution in [3.8, 4) is 5.75 Å². The molecule has 1 heterocycles. The Morgan fingerprint density at radius 2 is 1.91 bits per heavy atom. The second-order valence-electron chi connectivity index (χ2n) is 6.71. The van der Waals surface area contributed by atoms with E-state index in [1.165, 1.54) is 17.0 Å². The zero-order valence-electron chi connectivity index (χ0n) is 16.9. The van der Waals surface area contributed by atoms with Gasteiger partial charge in [0.1, 0.15) is 12.4 Å². The first-order chi connectivity index (χ1) is 15.3. The molecule has 1 aliphatic heterocycles. The molecule has 0 unspecified atom stereocenters. The summed E-state index contributed by atoms with van der Waals surface area (Å²) >= 11 is 7.83. The highest BCUT2D eigenvalue weighted by Crippen LogP contribution is 2.38. The van der Waals surface area contributed by atoms with Crippen molar-refractivity contribution in [3.63, 3.8) is 0 Å². The molecule has 0 saturated carbocycles. The molecule has 1 saturated heterocycles. The number of thioether (sulfide) groups is 1. The fourth-order valence-corrected chi connectivity index (χ4v) is 5.24. The molecule has 2 aromatic carbocycles. The van der Waals surface area contributed by atoms with Crippen molar-refractivity contribution in [1.29, 1.82) is 0 Å².